The number of amides is 1. The second-order valence-corrected chi connectivity index (χ2v) is 6.30. The Hall–Kier alpha value is -2.21. The highest BCUT2D eigenvalue weighted by atomic mass is 32.1. The molecule has 1 aromatic heterocycles. The van der Waals surface area contributed by atoms with E-state index in [-0.39, 0.29) is 24.5 Å². The van der Waals surface area contributed by atoms with Gasteiger partial charge < -0.3 is 10.1 Å². The van der Waals surface area contributed by atoms with Gasteiger partial charge in [0.1, 0.15) is 6.61 Å². The van der Waals surface area contributed by atoms with E-state index >= 15 is 0 Å². The summed E-state index contributed by atoms with van der Waals surface area (Å²) in [6.07, 6.45) is 1.21. The van der Waals surface area contributed by atoms with Gasteiger partial charge in [0.05, 0.1) is 22.3 Å². The minimum Gasteiger partial charge on any atom is -0.460 e. The van der Waals surface area contributed by atoms with Crippen molar-refractivity contribution in [2.75, 3.05) is 6.61 Å². The lowest BCUT2D eigenvalue weighted by molar-refractivity contribution is -0.119. The molecular weight excluding hydrogens is 300 g/mol. The Kier molecular flexibility index (Phi) is 4.20. The molecule has 114 valence electrons. The number of carbonyl (C=O) groups is 2. The maximum absolute atomic E-state index is 12.1. The molecule has 0 radical (unpaired) electrons. The maximum atomic E-state index is 12.1. The first-order valence-electron chi connectivity index (χ1n) is 7.11. The van der Waals surface area contributed by atoms with E-state index < -0.39 is 0 Å². The molecule has 1 amide bonds. The van der Waals surface area contributed by atoms with Gasteiger partial charge in [0, 0.05) is 17.4 Å². The van der Waals surface area contributed by atoms with Crippen LogP contribution in [0.15, 0.2) is 29.6 Å². The number of rotatable bonds is 4. The molecule has 3 rings (SSSR count). The van der Waals surface area contributed by atoms with Gasteiger partial charge in [-0.05, 0) is 25.5 Å². The molecule has 1 aliphatic rings. The van der Waals surface area contributed by atoms with E-state index in [1.807, 2.05) is 24.4 Å². The average Bonchev–Trinajstić information content (AvgIpc) is 3.13. The van der Waals surface area contributed by atoms with Crippen molar-refractivity contribution in [2.24, 2.45) is 0 Å². The summed E-state index contributed by atoms with van der Waals surface area (Å²) in [5, 5.41) is 5.73. The highest BCUT2D eigenvalue weighted by Crippen LogP contribution is 2.22. The van der Waals surface area contributed by atoms with E-state index in [1.165, 1.54) is 0 Å². The molecule has 2 aromatic rings. The summed E-state index contributed by atoms with van der Waals surface area (Å²) < 4.78 is 5.28. The predicted octanol–water partition coefficient (Wildman–Crippen LogP) is 2.55. The standard InChI is InChI=1S/C16H16N2O3S/c1-10-17-14(9-22-10)11-3-2-4-12(7-11)16(20)21-8-13-5-6-15(19)18-13/h2-4,7,9,13H,5-6,8H2,1H3,(H,18,19). The van der Waals surface area contributed by atoms with Crippen LogP contribution in [0.3, 0.4) is 0 Å². The lowest BCUT2D eigenvalue weighted by Crippen LogP contribution is -2.30. The summed E-state index contributed by atoms with van der Waals surface area (Å²) in [5.41, 5.74) is 2.25. The van der Waals surface area contributed by atoms with Gasteiger partial charge in [0.15, 0.2) is 0 Å². The minimum absolute atomic E-state index is 0.0157. The fourth-order valence-electron chi connectivity index (χ4n) is 2.36. The van der Waals surface area contributed by atoms with Gasteiger partial charge in [-0.25, -0.2) is 9.78 Å². The van der Waals surface area contributed by atoms with Gasteiger partial charge in [-0.1, -0.05) is 12.1 Å². The number of nitrogens with one attached hydrogen (secondary N) is 1. The highest BCUT2D eigenvalue weighted by Gasteiger charge is 2.22. The van der Waals surface area contributed by atoms with Crippen LogP contribution in [0.4, 0.5) is 0 Å². The Morgan fingerprint density at radius 2 is 2.36 bits per heavy atom. The summed E-state index contributed by atoms with van der Waals surface area (Å²) in [5.74, 6) is -0.364. The van der Waals surface area contributed by atoms with E-state index in [0.717, 1.165) is 16.3 Å². The summed E-state index contributed by atoms with van der Waals surface area (Å²) in [6, 6.07) is 7.17. The van der Waals surface area contributed by atoms with Gasteiger partial charge in [-0.2, -0.15) is 0 Å². The average molecular weight is 316 g/mol. The molecule has 0 spiro atoms. The van der Waals surface area contributed by atoms with Crippen molar-refractivity contribution in [3.05, 3.63) is 40.2 Å². The number of hydrogen-bond donors (Lipinski definition) is 1. The van der Waals surface area contributed by atoms with Gasteiger partial charge in [-0.3, -0.25) is 4.79 Å². The van der Waals surface area contributed by atoms with Crippen LogP contribution in [0.1, 0.15) is 28.2 Å². The molecule has 1 fully saturated rings. The Bertz CT molecular complexity index is 711. The quantitative estimate of drug-likeness (QED) is 0.880. The second kappa shape index (κ2) is 6.27. The largest absolute Gasteiger partial charge is 0.460 e. The van der Waals surface area contributed by atoms with Crippen LogP contribution in [0.25, 0.3) is 11.3 Å². The van der Waals surface area contributed by atoms with Crippen LogP contribution in [0.2, 0.25) is 0 Å². The van der Waals surface area contributed by atoms with Gasteiger partial charge in [0.2, 0.25) is 5.91 Å². The molecule has 1 N–H and O–H groups in total. The third-order valence-corrected chi connectivity index (χ3v) is 4.29. The molecule has 0 bridgehead atoms. The zero-order valence-corrected chi connectivity index (χ0v) is 13.0. The fraction of sp³-hybridized carbons (Fsp3) is 0.312. The van der Waals surface area contributed by atoms with Crippen molar-refractivity contribution in [2.45, 2.75) is 25.8 Å². The Morgan fingerprint density at radius 3 is 3.05 bits per heavy atom. The molecule has 0 saturated carbocycles. The number of nitrogens with zero attached hydrogens (tertiary/aromatic N) is 1. The smallest absolute Gasteiger partial charge is 0.338 e. The molecule has 6 heteroatoms. The lowest BCUT2D eigenvalue weighted by atomic mass is 10.1. The number of benzene rings is 1. The molecule has 1 atom stereocenters. The number of thiazole rings is 1. The molecule has 1 aromatic carbocycles. The van der Waals surface area contributed by atoms with E-state index in [1.54, 1.807) is 23.5 Å². The summed E-state index contributed by atoms with van der Waals surface area (Å²) >= 11 is 1.57. The molecule has 0 aliphatic carbocycles. The maximum Gasteiger partial charge on any atom is 0.338 e. The SMILES string of the molecule is Cc1nc(-c2cccc(C(=O)OCC3CCC(=O)N3)c2)cs1. The van der Waals surface area contributed by atoms with Crippen LogP contribution in [-0.4, -0.2) is 29.5 Å². The number of ether oxygens (including phenoxy) is 1. The van der Waals surface area contributed by atoms with Crippen molar-refractivity contribution in [1.29, 1.82) is 0 Å². The van der Waals surface area contributed by atoms with Crippen LogP contribution >= 0.6 is 11.3 Å². The van der Waals surface area contributed by atoms with E-state index in [9.17, 15) is 9.59 Å². The Labute approximate surface area is 132 Å². The number of hydrogen-bond acceptors (Lipinski definition) is 5. The van der Waals surface area contributed by atoms with Crippen LogP contribution < -0.4 is 5.32 Å². The van der Waals surface area contributed by atoms with Crippen molar-refractivity contribution in [3.8, 4) is 11.3 Å². The number of aryl methyl sites for hydroxylation is 1. The highest BCUT2D eigenvalue weighted by molar-refractivity contribution is 7.09. The fourth-order valence-corrected chi connectivity index (χ4v) is 2.99. The van der Waals surface area contributed by atoms with Gasteiger partial charge in [0.25, 0.3) is 0 Å². The monoisotopic (exact) mass is 316 g/mol. The third kappa shape index (κ3) is 3.33. The van der Waals surface area contributed by atoms with Crippen LogP contribution in [0, 0.1) is 6.92 Å². The molecule has 2 heterocycles. The lowest BCUT2D eigenvalue weighted by Gasteiger charge is -2.11. The topological polar surface area (TPSA) is 68.3 Å². The molecule has 1 aliphatic heterocycles. The number of esters is 1. The van der Waals surface area contributed by atoms with Crippen molar-refractivity contribution in [1.82, 2.24) is 10.3 Å². The van der Waals surface area contributed by atoms with Crippen LogP contribution in [0.5, 0.6) is 0 Å². The first-order chi connectivity index (χ1) is 10.6. The molecule has 1 saturated heterocycles. The van der Waals surface area contributed by atoms with Crippen molar-refractivity contribution < 1.29 is 14.3 Å². The summed E-state index contributed by atoms with van der Waals surface area (Å²) in [7, 11) is 0. The molecular formula is C16H16N2O3S. The number of aromatic nitrogens is 1. The zero-order valence-electron chi connectivity index (χ0n) is 12.2. The zero-order chi connectivity index (χ0) is 15.5. The third-order valence-electron chi connectivity index (χ3n) is 3.51. The van der Waals surface area contributed by atoms with E-state index in [0.29, 0.717) is 18.4 Å². The number of carbonyl (C=O) groups excluding carboxylic acids is 2. The van der Waals surface area contributed by atoms with Crippen LogP contribution in [-0.2, 0) is 9.53 Å². The van der Waals surface area contributed by atoms with E-state index in [2.05, 4.69) is 10.3 Å². The second-order valence-electron chi connectivity index (χ2n) is 5.23. The minimum atomic E-state index is -0.380. The predicted molar refractivity (Wildman–Crippen MR) is 83.7 cm³/mol. The molecule has 1 unspecified atom stereocenters. The van der Waals surface area contributed by atoms with Gasteiger partial charge in [-0.15, -0.1) is 11.3 Å². The Balaban J connectivity index is 1.66. The first-order valence-corrected chi connectivity index (χ1v) is 7.99. The van der Waals surface area contributed by atoms with Crippen molar-refractivity contribution in [3.63, 3.8) is 0 Å². The first kappa shape index (κ1) is 14.7. The van der Waals surface area contributed by atoms with Crippen molar-refractivity contribution >= 4 is 23.2 Å². The molecule has 22 heavy (non-hydrogen) atoms. The summed E-state index contributed by atoms with van der Waals surface area (Å²) in [4.78, 5) is 27.7. The normalized spacial score (nSPS) is 17.3. The van der Waals surface area contributed by atoms with E-state index in [4.69, 9.17) is 4.74 Å². The molecule has 5 nitrogen and oxygen atoms in total. The summed E-state index contributed by atoms with van der Waals surface area (Å²) in [6.45, 7) is 2.16. The van der Waals surface area contributed by atoms with Gasteiger partial charge >= 0.3 is 5.97 Å². The Morgan fingerprint density at radius 1 is 1.50 bits per heavy atom.